The zero-order chi connectivity index (χ0) is 13.1. The zero-order valence-corrected chi connectivity index (χ0v) is 10.5. The van der Waals surface area contributed by atoms with Crippen molar-refractivity contribution in [3.05, 3.63) is 60.8 Å². The lowest BCUT2D eigenvalue weighted by Gasteiger charge is -2.03. The van der Waals surface area contributed by atoms with Crippen LogP contribution < -0.4 is 4.74 Å². The predicted molar refractivity (Wildman–Crippen MR) is 73.9 cm³/mol. The van der Waals surface area contributed by atoms with Crippen molar-refractivity contribution in [2.75, 3.05) is 7.11 Å². The number of hydrogen-bond donors (Lipinski definition) is 0. The van der Waals surface area contributed by atoms with Crippen LogP contribution in [0.2, 0.25) is 0 Å². The Morgan fingerprint density at radius 3 is 2.32 bits per heavy atom. The molecule has 0 spiro atoms. The quantitative estimate of drug-likeness (QED) is 0.705. The Hall–Kier alpha value is -2.55. The summed E-state index contributed by atoms with van der Waals surface area (Å²) in [5.41, 5.74) is 3.07. The Bertz CT molecular complexity index is 657. The second kappa shape index (κ2) is 4.98. The topological polar surface area (TPSA) is 35.3 Å². The van der Waals surface area contributed by atoms with Crippen LogP contribution in [0.15, 0.2) is 65.3 Å². The molecular formula is C16H13NO2. The molecule has 0 atom stereocenters. The molecule has 0 bridgehead atoms. The first-order valence-electron chi connectivity index (χ1n) is 6.03. The second-order valence-electron chi connectivity index (χ2n) is 4.16. The van der Waals surface area contributed by atoms with E-state index in [4.69, 9.17) is 9.26 Å². The van der Waals surface area contributed by atoms with Gasteiger partial charge in [-0.25, -0.2) is 0 Å². The van der Waals surface area contributed by atoms with E-state index in [-0.39, 0.29) is 0 Å². The van der Waals surface area contributed by atoms with Crippen molar-refractivity contribution < 1.29 is 9.26 Å². The first-order valence-corrected chi connectivity index (χ1v) is 6.03. The summed E-state index contributed by atoms with van der Waals surface area (Å²) < 4.78 is 10.5. The van der Waals surface area contributed by atoms with E-state index in [1.165, 1.54) is 0 Å². The number of aromatic nitrogens is 1. The van der Waals surface area contributed by atoms with Crippen LogP contribution in [0.3, 0.4) is 0 Å². The number of hydrogen-bond acceptors (Lipinski definition) is 3. The summed E-state index contributed by atoms with van der Waals surface area (Å²) in [6.07, 6.45) is 1.74. The molecule has 0 unspecified atom stereocenters. The van der Waals surface area contributed by atoms with Crippen molar-refractivity contribution in [1.82, 2.24) is 5.16 Å². The molecule has 1 aromatic heterocycles. The smallest absolute Gasteiger partial charge is 0.174 e. The average molecular weight is 251 g/mol. The molecule has 0 saturated heterocycles. The van der Waals surface area contributed by atoms with Crippen molar-refractivity contribution in [3.63, 3.8) is 0 Å². The lowest BCUT2D eigenvalue weighted by Crippen LogP contribution is -1.83. The summed E-state index contributed by atoms with van der Waals surface area (Å²) in [4.78, 5) is 0. The fourth-order valence-electron chi connectivity index (χ4n) is 2.01. The Kier molecular flexibility index (Phi) is 3.02. The van der Waals surface area contributed by atoms with Gasteiger partial charge >= 0.3 is 0 Å². The van der Waals surface area contributed by atoms with Crippen LogP contribution in [-0.2, 0) is 0 Å². The largest absolute Gasteiger partial charge is 0.497 e. The zero-order valence-electron chi connectivity index (χ0n) is 10.5. The second-order valence-corrected chi connectivity index (χ2v) is 4.16. The number of nitrogens with zero attached hydrogens (tertiary/aromatic N) is 1. The average Bonchev–Trinajstić information content (AvgIpc) is 2.98. The fourth-order valence-corrected chi connectivity index (χ4v) is 2.01. The van der Waals surface area contributed by atoms with Crippen molar-refractivity contribution in [2.45, 2.75) is 0 Å². The van der Waals surface area contributed by atoms with Gasteiger partial charge in [0.25, 0.3) is 0 Å². The van der Waals surface area contributed by atoms with E-state index in [1.54, 1.807) is 13.3 Å². The lowest BCUT2D eigenvalue weighted by atomic mass is 10.0. The highest BCUT2D eigenvalue weighted by molar-refractivity contribution is 5.78. The summed E-state index contributed by atoms with van der Waals surface area (Å²) in [6.45, 7) is 0. The molecule has 94 valence electrons. The van der Waals surface area contributed by atoms with Crippen LogP contribution in [0.25, 0.3) is 22.5 Å². The van der Waals surface area contributed by atoms with Crippen molar-refractivity contribution >= 4 is 0 Å². The van der Waals surface area contributed by atoms with Gasteiger partial charge in [-0.3, -0.25) is 0 Å². The van der Waals surface area contributed by atoms with Crippen molar-refractivity contribution in [1.29, 1.82) is 0 Å². The van der Waals surface area contributed by atoms with Gasteiger partial charge in [-0.05, 0) is 29.8 Å². The molecule has 19 heavy (non-hydrogen) atoms. The van der Waals surface area contributed by atoms with Crippen LogP contribution in [0, 0.1) is 0 Å². The highest BCUT2D eigenvalue weighted by Gasteiger charge is 2.12. The molecule has 0 aliphatic heterocycles. The Morgan fingerprint density at radius 1 is 0.895 bits per heavy atom. The van der Waals surface area contributed by atoms with Crippen LogP contribution in [-0.4, -0.2) is 12.3 Å². The molecule has 0 radical (unpaired) electrons. The molecule has 0 fully saturated rings. The summed E-state index contributed by atoms with van der Waals surface area (Å²) in [5.74, 6) is 1.60. The maximum atomic E-state index is 5.39. The van der Waals surface area contributed by atoms with E-state index in [1.807, 2.05) is 54.6 Å². The summed E-state index contributed by atoms with van der Waals surface area (Å²) in [6, 6.07) is 17.8. The van der Waals surface area contributed by atoms with Crippen LogP contribution in [0.5, 0.6) is 5.75 Å². The molecule has 0 N–H and O–H groups in total. The molecule has 0 saturated carbocycles. The highest BCUT2D eigenvalue weighted by Crippen LogP contribution is 2.32. The first kappa shape index (κ1) is 11.5. The van der Waals surface area contributed by atoms with E-state index < -0.39 is 0 Å². The maximum absolute atomic E-state index is 5.39. The van der Waals surface area contributed by atoms with E-state index in [0.29, 0.717) is 0 Å². The number of benzene rings is 2. The van der Waals surface area contributed by atoms with E-state index in [9.17, 15) is 0 Å². The Morgan fingerprint density at radius 2 is 1.63 bits per heavy atom. The summed E-state index contributed by atoms with van der Waals surface area (Å²) in [7, 11) is 1.65. The Labute approximate surface area is 111 Å². The summed E-state index contributed by atoms with van der Waals surface area (Å²) >= 11 is 0. The van der Waals surface area contributed by atoms with Crippen molar-refractivity contribution in [2.24, 2.45) is 0 Å². The molecule has 3 aromatic rings. The molecule has 3 rings (SSSR count). The number of methoxy groups -OCH3 is 1. The van der Waals surface area contributed by atoms with Gasteiger partial charge in [-0.15, -0.1) is 0 Å². The van der Waals surface area contributed by atoms with Crippen LogP contribution in [0.1, 0.15) is 0 Å². The van der Waals surface area contributed by atoms with Crippen molar-refractivity contribution in [3.8, 4) is 28.2 Å². The van der Waals surface area contributed by atoms with Gasteiger partial charge in [0.2, 0.25) is 0 Å². The van der Waals surface area contributed by atoms with E-state index in [2.05, 4.69) is 5.16 Å². The molecule has 0 aliphatic rings. The third-order valence-electron chi connectivity index (χ3n) is 3.01. The minimum atomic E-state index is 0.772. The van der Waals surface area contributed by atoms with Gasteiger partial charge in [-0.1, -0.05) is 35.5 Å². The van der Waals surface area contributed by atoms with E-state index in [0.717, 1.165) is 28.2 Å². The molecule has 0 aliphatic carbocycles. The van der Waals surface area contributed by atoms with Gasteiger partial charge in [0, 0.05) is 11.1 Å². The SMILES string of the molecule is COc1ccc(-c2oncc2-c2ccccc2)cc1. The monoisotopic (exact) mass is 251 g/mol. The maximum Gasteiger partial charge on any atom is 0.174 e. The Balaban J connectivity index is 2.04. The third kappa shape index (κ3) is 2.22. The lowest BCUT2D eigenvalue weighted by molar-refractivity contribution is 0.414. The van der Waals surface area contributed by atoms with Gasteiger partial charge in [0.05, 0.1) is 13.3 Å². The molecule has 1 heterocycles. The molecular weight excluding hydrogens is 238 g/mol. The summed E-state index contributed by atoms with van der Waals surface area (Å²) in [5, 5.41) is 3.91. The third-order valence-corrected chi connectivity index (χ3v) is 3.01. The molecule has 0 amide bonds. The van der Waals surface area contributed by atoms with E-state index >= 15 is 0 Å². The molecule has 3 nitrogen and oxygen atoms in total. The van der Waals surface area contributed by atoms with Crippen LogP contribution >= 0.6 is 0 Å². The normalized spacial score (nSPS) is 10.4. The van der Waals surface area contributed by atoms with Gasteiger partial charge in [0.15, 0.2) is 5.76 Å². The minimum absolute atomic E-state index is 0.772. The number of ether oxygens (including phenoxy) is 1. The van der Waals surface area contributed by atoms with Gasteiger partial charge in [0.1, 0.15) is 5.75 Å². The standard InChI is InChI=1S/C16H13NO2/c1-18-14-9-7-13(8-10-14)16-15(11-17-19-16)12-5-3-2-4-6-12/h2-11H,1H3. The molecule has 2 aromatic carbocycles. The minimum Gasteiger partial charge on any atom is -0.497 e. The number of rotatable bonds is 3. The predicted octanol–water partition coefficient (Wildman–Crippen LogP) is 4.02. The van der Waals surface area contributed by atoms with Gasteiger partial charge < -0.3 is 9.26 Å². The first-order chi connectivity index (χ1) is 9.38. The van der Waals surface area contributed by atoms with Crippen LogP contribution in [0.4, 0.5) is 0 Å². The van der Waals surface area contributed by atoms with Gasteiger partial charge in [-0.2, -0.15) is 0 Å². The molecule has 3 heteroatoms. The fraction of sp³-hybridized carbons (Fsp3) is 0.0625. The highest BCUT2D eigenvalue weighted by atomic mass is 16.5.